The van der Waals surface area contributed by atoms with Gasteiger partial charge >= 0.3 is 5.69 Å². The van der Waals surface area contributed by atoms with Crippen molar-refractivity contribution < 1.29 is 0 Å². The zero-order valence-corrected chi connectivity index (χ0v) is 9.25. The van der Waals surface area contributed by atoms with Gasteiger partial charge in [0.25, 0.3) is 5.56 Å². The largest absolute Gasteiger partial charge is 0.349 e. The van der Waals surface area contributed by atoms with E-state index in [2.05, 4.69) is 26.6 Å². The first-order valence-electron chi connectivity index (χ1n) is 3.99. The summed E-state index contributed by atoms with van der Waals surface area (Å²) in [4.78, 5) is 23.1. The lowest BCUT2D eigenvalue weighted by molar-refractivity contribution is 0.699. The number of anilines is 2. The molecule has 7 heteroatoms. The molecule has 1 unspecified atom stereocenters. The second kappa shape index (κ2) is 2.88. The van der Waals surface area contributed by atoms with E-state index in [-0.39, 0.29) is 16.3 Å². The maximum absolute atomic E-state index is 11.6. The molecule has 1 aliphatic heterocycles. The second-order valence-corrected chi connectivity index (χ2v) is 4.00. The van der Waals surface area contributed by atoms with E-state index in [1.807, 2.05) is 0 Å². The van der Waals surface area contributed by atoms with Gasteiger partial charge in [0.05, 0.1) is 0 Å². The summed E-state index contributed by atoms with van der Waals surface area (Å²) in [5.41, 5.74) is -0.251. The van der Waals surface area contributed by atoms with Gasteiger partial charge in [0.2, 0.25) is 0 Å². The Morgan fingerprint density at radius 3 is 2.50 bits per heavy atom. The van der Waals surface area contributed by atoms with Crippen molar-refractivity contribution in [3.05, 3.63) is 20.8 Å². The van der Waals surface area contributed by atoms with Gasteiger partial charge in [0.1, 0.15) is 11.5 Å². The SMILES string of the molecule is Cn1c2c(c(=O)n(C)c1=O)NC(Br)N2. The van der Waals surface area contributed by atoms with Crippen LogP contribution in [0.25, 0.3) is 0 Å². The fraction of sp³-hybridized carbons (Fsp3) is 0.429. The number of hydrogen-bond acceptors (Lipinski definition) is 4. The fourth-order valence-corrected chi connectivity index (χ4v) is 1.87. The molecule has 0 aromatic carbocycles. The summed E-state index contributed by atoms with van der Waals surface area (Å²) in [5, 5.41) is 5.61. The normalized spacial score (nSPS) is 18.6. The molecule has 0 fully saturated rings. The van der Waals surface area contributed by atoms with Crippen LogP contribution in [0.3, 0.4) is 0 Å². The summed E-state index contributed by atoms with van der Waals surface area (Å²) in [6.07, 6.45) is 0. The van der Waals surface area contributed by atoms with Crippen molar-refractivity contribution in [2.45, 2.75) is 5.08 Å². The fourth-order valence-electron chi connectivity index (χ4n) is 1.43. The number of aromatic nitrogens is 2. The van der Waals surface area contributed by atoms with Crippen molar-refractivity contribution in [1.29, 1.82) is 0 Å². The molecule has 1 aromatic rings. The van der Waals surface area contributed by atoms with Gasteiger partial charge in [-0.25, -0.2) is 4.79 Å². The van der Waals surface area contributed by atoms with Crippen LogP contribution in [-0.2, 0) is 14.1 Å². The summed E-state index contributed by atoms with van der Waals surface area (Å²) in [7, 11) is 3.06. The Hall–Kier alpha value is -1.24. The number of fused-ring (bicyclic) bond motifs is 1. The summed E-state index contributed by atoms with van der Waals surface area (Å²) in [6.45, 7) is 0. The van der Waals surface area contributed by atoms with Crippen LogP contribution < -0.4 is 21.9 Å². The van der Waals surface area contributed by atoms with E-state index in [4.69, 9.17) is 0 Å². The smallest absolute Gasteiger partial charge is 0.332 e. The van der Waals surface area contributed by atoms with Gasteiger partial charge in [-0.3, -0.25) is 13.9 Å². The monoisotopic (exact) mass is 260 g/mol. The average molecular weight is 261 g/mol. The molecule has 1 aromatic heterocycles. The van der Waals surface area contributed by atoms with Gasteiger partial charge < -0.3 is 10.6 Å². The zero-order chi connectivity index (χ0) is 10.5. The molecule has 0 saturated heterocycles. The zero-order valence-electron chi connectivity index (χ0n) is 7.67. The molecular weight excluding hydrogens is 252 g/mol. The standard InChI is InChI=1S/C7H9BrN4O2/c1-11-4-3(9-6(8)10-4)5(13)12(2)7(11)14/h6,9-10H,1-2H3. The lowest BCUT2D eigenvalue weighted by Gasteiger charge is -2.06. The predicted molar refractivity (Wildman–Crippen MR) is 56.9 cm³/mol. The van der Waals surface area contributed by atoms with Crippen molar-refractivity contribution in [2.24, 2.45) is 14.1 Å². The van der Waals surface area contributed by atoms with Crippen molar-refractivity contribution in [2.75, 3.05) is 10.6 Å². The quantitative estimate of drug-likeness (QED) is 0.492. The summed E-state index contributed by atoms with van der Waals surface area (Å²) in [6, 6.07) is 0. The minimum atomic E-state index is -0.343. The number of halogens is 1. The third kappa shape index (κ3) is 1.08. The molecule has 0 bridgehead atoms. The summed E-state index contributed by atoms with van der Waals surface area (Å²) >= 11 is 3.25. The summed E-state index contributed by atoms with van der Waals surface area (Å²) < 4.78 is 2.46. The van der Waals surface area contributed by atoms with Crippen LogP contribution >= 0.6 is 15.9 Å². The third-order valence-corrected chi connectivity index (χ3v) is 2.66. The van der Waals surface area contributed by atoms with Crippen molar-refractivity contribution in [3.63, 3.8) is 0 Å². The topological polar surface area (TPSA) is 68.1 Å². The molecule has 6 nitrogen and oxygen atoms in total. The molecule has 0 saturated carbocycles. The van der Waals surface area contributed by atoms with E-state index in [0.717, 1.165) is 4.57 Å². The number of rotatable bonds is 0. The molecule has 2 N–H and O–H groups in total. The predicted octanol–water partition coefficient (Wildman–Crippen LogP) is -0.400. The molecule has 14 heavy (non-hydrogen) atoms. The number of hydrogen-bond donors (Lipinski definition) is 2. The maximum atomic E-state index is 11.6. The van der Waals surface area contributed by atoms with E-state index in [9.17, 15) is 9.59 Å². The Bertz CT molecular complexity index is 504. The molecule has 2 heterocycles. The van der Waals surface area contributed by atoms with Gasteiger partial charge in [-0.15, -0.1) is 0 Å². The van der Waals surface area contributed by atoms with Crippen LogP contribution in [0, 0.1) is 0 Å². The summed E-state index contributed by atoms with van der Waals surface area (Å²) in [5.74, 6) is 0.514. The van der Waals surface area contributed by atoms with E-state index in [0.29, 0.717) is 11.5 Å². The Labute approximate surface area is 87.7 Å². The van der Waals surface area contributed by atoms with Gasteiger partial charge in [-0.1, -0.05) is 0 Å². The highest BCUT2D eigenvalue weighted by atomic mass is 79.9. The first kappa shape index (κ1) is 9.32. The number of nitrogens with zero attached hydrogens (tertiary/aromatic N) is 2. The third-order valence-electron chi connectivity index (χ3n) is 2.20. The van der Waals surface area contributed by atoms with E-state index in [1.165, 1.54) is 11.6 Å². The first-order valence-corrected chi connectivity index (χ1v) is 4.91. The molecule has 0 amide bonds. The molecular formula is C7H9BrN4O2. The Morgan fingerprint density at radius 2 is 1.86 bits per heavy atom. The highest BCUT2D eigenvalue weighted by molar-refractivity contribution is 9.09. The van der Waals surface area contributed by atoms with Crippen LogP contribution in [0.2, 0.25) is 0 Å². The molecule has 0 aliphatic carbocycles. The highest BCUT2D eigenvalue weighted by Crippen LogP contribution is 2.24. The van der Waals surface area contributed by atoms with E-state index in [1.54, 1.807) is 7.05 Å². The van der Waals surface area contributed by atoms with Crippen LogP contribution in [0.5, 0.6) is 0 Å². The minimum Gasteiger partial charge on any atom is -0.349 e. The molecule has 76 valence electrons. The van der Waals surface area contributed by atoms with Crippen molar-refractivity contribution >= 4 is 27.4 Å². The average Bonchev–Trinajstić information content (AvgIpc) is 2.54. The second-order valence-electron chi connectivity index (χ2n) is 3.08. The Morgan fingerprint density at radius 1 is 1.21 bits per heavy atom. The minimum absolute atomic E-state index is 0.210. The highest BCUT2D eigenvalue weighted by Gasteiger charge is 2.24. The Balaban J connectivity index is 2.84. The van der Waals surface area contributed by atoms with Crippen LogP contribution in [-0.4, -0.2) is 14.2 Å². The molecule has 0 radical (unpaired) electrons. The van der Waals surface area contributed by atoms with Gasteiger partial charge in [-0.2, -0.15) is 0 Å². The van der Waals surface area contributed by atoms with Crippen molar-refractivity contribution in [3.8, 4) is 0 Å². The van der Waals surface area contributed by atoms with Crippen LogP contribution in [0.1, 0.15) is 0 Å². The number of nitrogens with one attached hydrogen (secondary N) is 2. The molecule has 1 aliphatic rings. The van der Waals surface area contributed by atoms with Gasteiger partial charge in [0, 0.05) is 14.1 Å². The maximum Gasteiger partial charge on any atom is 0.332 e. The lowest BCUT2D eigenvalue weighted by Crippen LogP contribution is -2.37. The number of alkyl halides is 1. The van der Waals surface area contributed by atoms with Crippen LogP contribution in [0.15, 0.2) is 9.59 Å². The molecule has 0 spiro atoms. The Kier molecular flexibility index (Phi) is 1.91. The van der Waals surface area contributed by atoms with E-state index < -0.39 is 0 Å². The van der Waals surface area contributed by atoms with Crippen molar-refractivity contribution in [1.82, 2.24) is 9.13 Å². The lowest BCUT2D eigenvalue weighted by atomic mass is 10.4. The van der Waals surface area contributed by atoms with Gasteiger partial charge in [0.15, 0.2) is 5.08 Å². The van der Waals surface area contributed by atoms with E-state index >= 15 is 0 Å². The van der Waals surface area contributed by atoms with Gasteiger partial charge in [-0.05, 0) is 15.9 Å². The first-order chi connectivity index (χ1) is 6.52. The molecule has 2 rings (SSSR count). The molecule has 1 atom stereocenters. The van der Waals surface area contributed by atoms with Crippen LogP contribution in [0.4, 0.5) is 11.5 Å².